The van der Waals surface area contributed by atoms with Crippen LogP contribution in [-0.4, -0.2) is 10.0 Å². The van der Waals surface area contributed by atoms with Crippen LogP contribution in [0.3, 0.4) is 0 Å². The van der Waals surface area contributed by atoms with Gasteiger partial charge in [-0.15, -0.1) is 12.4 Å². The van der Waals surface area contributed by atoms with Gasteiger partial charge in [0, 0.05) is 6.07 Å². The van der Waals surface area contributed by atoms with Crippen molar-refractivity contribution < 1.29 is 10.0 Å². The average Bonchev–Trinajstić information content (AvgIpc) is 1.94. The van der Waals surface area contributed by atoms with E-state index in [0.29, 0.717) is 0 Å². The molecule has 66 valence electrons. The molecule has 0 aliphatic carbocycles. The molecule has 0 saturated heterocycles. The van der Waals surface area contributed by atoms with Crippen molar-refractivity contribution in [3.8, 4) is 5.75 Å². The van der Waals surface area contributed by atoms with Crippen molar-refractivity contribution in [2.75, 3.05) is 0 Å². The van der Waals surface area contributed by atoms with Gasteiger partial charge in [-0.05, 0) is 18.6 Å². The Bertz CT molecular complexity index is 301. The lowest BCUT2D eigenvalue weighted by atomic mass is 10.2. The van der Waals surface area contributed by atoms with Gasteiger partial charge < -0.3 is 5.11 Å². The molecule has 5 heteroatoms. The molecule has 1 aromatic rings. The highest BCUT2D eigenvalue weighted by molar-refractivity contribution is 5.85. The van der Waals surface area contributed by atoms with Crippen LogP contribution in [-0.2, 0) is 0 Å². The Labute approximate surface area is 75.4 Å². The molecule has 0 aliphatic heterocycles. The van der Waals surface area contributed by atoms with E-state index in [0.717, 1.165) is 5.56 Å². The predicted molar refractivity (Wildman–Crippen MR) is 46.7 cm³/mol. The van der Waals surface area contributed by atoms with E-state index in [4.69, 9.17) is 5.11 Å². The standard InChI is InChI=1S/C7H7NO3.ClH/c1-5-2-3-7(9)6(4-5)8(10)11;/h2-4,9H,1H3;1H. The van der Waals surface area contributed by atoms with Crippen molar-refractivity contribution in [1.82, 2.24) is 0 Å². The number of aromatic hydroxyl groups is 1. The lowest BCUT2D eigenvalue weighted by Crippen LogP contribution is -1.88. The van der Waals surface area contributed by atoms with Crippen LogP contribution >= 0.6 is 12.4 Å². The molecular weight excluding hydrogens is 182 g/mol. The van der Waals surface area contributed by atoms with E-state index in [2.05, 4.69) is 0 Å². The van der Waals surface area contributed by atoms with E-state index in [1.54, 1.807) is 13.0 Å². The van der Waals surface area contributed by atoms with Gasteiger partial charge in [-0.25, -0.2) is 0 Å². The minimum atomic E-state index is -0.609. The first-order valence-electron chi connectivity index (χ1n) is 3.05. The molecule has 0 bridgehead atoms. The van der Waals surface area contributed by atoms with Gasteiger partial charge in [0.25, 0.3) is 0 Å². The largest absolute Gasteiger partial charge is 0.502 e. The molecule has 0 atom stereocenters. The van der Waals surface area contributed by atoms with E-state index in [-0.39, 0.29) is 23.8 Å². The third-order valence-corrected chi connectivity index (χ3v) is 1.33. The van der Waals surface area contributed by atoms with Crippen LogP contribution in [0.4, 0.5) is 5.69 Å². The Morgan fingerprint density at radius 3 is 2.50 bits per heavy atom. The summed E-state index contributed by atoms with van der Waals surface area (Å²) in [6.45, 7) is 1.73. The minimum absolute atomic E-state index is 0. The molecule has 12 heavy (non-hydrogen) atoms. The summed E-state index contributed by atoms with van der Waals surface area (Å²) in [6, 6.07) is 4.26. The van der Waals surface area contributed by atoms with E-state index >= 15 is 0 Å². The summed E-state index contributed by atoms with van der Waals surface area (Å²) in [7, 11) is 0. The third kappa shape index (κ3) is 2.10. The minimum Gasteiger partial charge on any atom is -0.502 e. The number of nitrogens with zero attached hydrogens (tertiary/aromatic N) is 1. The molecule has 0 saturated carbocycles. The van der Waals surface area contributed by atoms with Crippen LogP contribution in [0.15, 0.2) is 18.2 Å². The normalized spacial score (nSPS) is 8.75. The molecule has 0 aliphatic rings. The zero-order valence-corrected chi connectivity index (χ0v) is 7.17. The highest BCUT2D eigenvalue weighted by atomic mass is 35.5. The van der Waals surface area contributed by atoms with Crippen LogP contribution in [0, 0.1) is 17.0 Å². The van der Waals surface area contributed by atoms with Crippen LogP contribution in [0.25, 0.3) is 0 Å². The van der Waals surface area contributed by atoms with E-state index in [1.807, 2.05) is 0 Å². The summed E-state index contributed by atoms with van der Waals surface area (Å²) < 4.78 is 0. The second-order valence-electron chi connectivity index (χ2n) is 2.25. The van der Waals surface area contributed by atoms with Gasteiger partial charge in [0.2, 0.25) is 0 Å². The zero-order chi connectivity index (χ0) is 8.43. The maximum absolute atomic E-state index is 10.2. The molecular formula is C7H8ClNO3. The number of phenolic OH excluding ortho intramolecular Hbond substituents is 1. The quantitative estimate of drug-likeness (QED) is 0.543. The predicted octanol–water partition coefficient (Wildman–Crippen LogP) is 2.03. The van der Waals surface area contributed by atoms with Gasteiger partial charge in [0.05, 0.1) is 4.92 Å². The highest BCUT2D eigenvalue weighted by Gasteiger charge is 2.11. The number of benzene rings is 1. The molecule has 1 N–H and O–H groups in total. The van der Waals surface area contributed by atoms with Gasteiger partial charge in [-0.1, -0.05) is 6.07 Å². The molecule has 1 rings (SSSR count). The molecule has 0 aromatic heterocycles. The number of halogens is 1. The maximum atomic E-state index is 10.2. The SMILES string of the molecule is Cc1ccc(O)c([N+](=O)[O-])c1.Cl. The van der Waals surface area contributed by atoms with Crippen LogP contribution < -0.4 is 0 Å². The average molecular weight is 190 g/mol. The Morgan fingerprint density at radius 2 is 2.08 bits per heavy atom. The van der Waals surface area contributed by atoms with Crippen molar-refractivity contribution in [3.05, 3.63) is 33.9 Å². The van der Waals surface area contributed by atoms with E-state index < -0.39 is 4.92 Å². The fraction of sp³-hybridized carbons (Fsp3) is 0.143. The van der Waals surface area contributed by atoms with Crippen molar-refractivity contribution >= 4 is 18.1 Å². The summed E-state index contributed by atoms with van der Waals surface area (Å²) in [5, 5.41) is 19.2. The second-order valence-corrected chi connectivity index (χ2v) is 2.25. The Hall–Kier alpha value is -1.29. The topological polar surface area (TPSA) is 63.4 Å². The molecule has 1 aromatic carbocycles. The van der Waals surface area contributed by atoms with Crippen LogP contribution in [0.2, 0.25) is 0 Å². The zero-order valence-electron chi connectivity index (χ0n) is 6.35. The summed E-state index contributed by atoms with van der Waals surface area (Å²) in [4.78, 5) is 9.61. The number of nitro groups is 1. The Morgan fingerprint density at radius 1 is 1.50 bits per heavy atom. The van der Waals surface area contributed by atoms with Gasteiger partial charge >= 0.3 is 5.69 Å². The van der Waals surface area contributed by atoms with Gasteiger partial charge in [-0.2, -0.15) is 0 Å². The summed E-state index contributed by atoms with van der Waals surface area (Å²) in [5.41, 5.74) is 0.513. The fourth-order valence-corrected chi connectivity index (χ4v) is 0.780. The number of hydrogen-bond acceptors (Lipinski definition) is 3. The van der Waals surface area contributed by atoms with Gasteiger partial charge in [0.15, 0.2) is 5.75 Å². The van der Waals surface area contributed by atoms with Gasteiger partial charge in [0.1, 0.15) is 0 Å². The van der Waals surface area contributed by atoms with Crippen molar-refractivity contribution in [3.63, 3.8) is 0 Å². The van der Waals surface area contributed by atoms with Crippen LogP contribution in [0.5, 0.6) is 5.75 Å². The summed E-state index contributed by atoms with van der Waals surface area (Å²) >= 11 is 0. The third-order valence-electron chi connectivity index (χ3n) is 1.33. The lowest BCUT2D eigenvalue weighted by molar-refractivity contribution is -0.385. The number of aryl methyl sites for hydroxylation is 1. The van der Waals surface area contributed by atoms with E-state index in [1.165, 1.54) is 12.1 Å². The smallest absolute Gasteiger partial charge is 0.310 e. The monoisotopic (exact) mass is 189 g/mol. The molecule has 0 amide bonds. The Balaban J connectivity index is 0.00000121. The number of nitro benzene ring substituents is 1. The first-order chi connectivity index (χ1) is 5.11. The van der Waals surface area contributed by atoms with Crippen molar-refractivity contribution in [2.24, 2.45) is 0 Å². The number of rotatable bonds is 1. The van der Waals surface area contributed by atoms with Gasteiger partial charge in [-0.3, -0.25) is 10.1 Å². The fourth-order valence-electron chi connectivity index (χ4n) is 0.780. The maximum Gasteiger partial charge on any atom is 0.310 e. The van der Waals surface area contributed by atoms with E-state index in [9.17, 15) is 10.1 Å². The number of hydrogen-bond donors (Lipinski definition) is 1. The first kappa shape index (κ1) is 10.7. The molecule has 0 spiro atoms. The first-order valence-corrected chi connectivity index (χ1v) is 3.05. The van der Waals surface area contributed by atoms with Crippen molar-refractivity contribution in [1.29, 1.82) is 0 Å². The summed E-state index contributed by atoms with van der Waals surface area (Å²) in [5.74, 6) is -0.291. The van der Waals surface area contributed by atoms with Crippen LogP contribution in [0.1, 0.15) is 5.56 Å². The molecule has 0 radical (unpaired) electrons. The summed E-state index contributed by atoms with van der Waals surface area (Å²) in [6.07, 6.45) is 0. The second kappa shape index (κ2) is 3.92. The molecule has 0 fully saturated rings. The molecule has 0 unspecified atom stereocenters. The molecule has 0 heterocycles. The molecule has 4 nitrogen and oxygen atoms in total. The lowest BCUT2D eigenvalue weighted by Gasteiger charge is -1.95. The Kier molecular flexibility index (Phi) is 3.50. The van der Waals surface area contributed by atoms with Crippen molar-refractivity contribution in [2.45, 2.75) is 6.92 Å². The highest BCUT2D eigenvalue weighted by Crippen LogP contribution is 2.25. The number of phenols is 1.